The number of likely N-dealkylation sites (tertiary alicyclic amines) is 1. The molecule has 146 valence electrons. The highest BCUT2D eigenvalue weighted by Crippen LogP contribution is 2.19. The zero-order valence-corrected chi connectivity index (χ0v) is 16.2. The average molecular weight is 381 g/mol. The van der Waals surface area contributed by atoms with Gasteiger partial charge in [-0.05, 0) is 18.9 Å². The molecule has 9 nitrogen and oxygen atoms in total. The van der Waals surface area contributed by atoms with Gasteiger partial charge in [0.05, 0.1) is 11.8 Å². The van der Waals surface area contributed by atoms with Gasteiger partial charge < -0.3 is 10.2 Å². The van der Waals surface area contributed by atoms with Crippen molar-refractivity contribution in [2.75, 3.05) is 18.4 Å². The number of aryl methyl sites for hydroxylation is 1. The van der Waals surface area contributed by atoms with Crippen LogP contribution in [0.4, 0.5) is 5.69 Å². The maximum atomic E-state index is 12.9. The lowest BCUT2D eigenvalue weighted by atomic mass is 10.2. The van der Waals surface area contributed by atoms with E-state index in [1.54, 1.807) is 34.8 Å². The number of aromatic nitrogens is 5. The molecule has 0 aromatic carbocycles. The lowest BCUT2D eigenvalue weighted by Crippen LogP contribution is -2.30. The van der Waals surface area contributed by atoms with Gasteiger partial charge in [-0.2, -0.15) is 10.2 Å². The number of nitrogens with one attached hydrogen (secondary N) is 1. The number of nitrogens with zero attached hydrogens (tertiary/aromatic N) is 6. The molecule has 4 heterocycles. The number of anilines is 1. The molecule has 0 spiro atoms. The number of rotatable bonds is 4. The van der Waals surface area contributed by atoms with Crippen LogP contribution in [-0.2, 0) is 7.05 Å². The molecule has 9 heteroatoms. The SMILES string of the molecule is CC(C)c1nc2cc(NC(=O)c3c(C(=O)N4CCCC4)cnn3C)ccn2n1. The molecule has 2 amide bonds. The van der Waals surface area contributed by atoms with Gasteiger partial charge in [-0.1, -0.05) is 13.8 Å². The fourth-order valence-corrected chi connectivity index (χ4v) is 3.37. The first kappa shape index (κ1) is 18.1. The van der Waals surface area contributed by atoms with Crippen LogP contribution in [0.5, 0.6) is 0 Å². The van der Waals surface area contributed by atoms with Crippen molar-refractivity contribution >= 4 is 23.1 Å². The Morgan fingerprint density at radius 1 is 1.21 bits per heavy atom. The number of carbonyl (C=O) groups excluding carboxylic acids is 2. The minimum atomic E-state index is -0.379. The molecule has 0 bridgehead atoms. The third-order valence-corrected chi connectivity index (χ3v) is 4.91. The number of fused-ring (bicyclic) bond motifs is 1. The van der Waals surface area contributed by atoms with Crippen LogP contribution in [-0.4, -0.2) is 54.2 Å². The van der Waals surface area contributed by atoms with E-state index in [1.165, 1.54) is 10.9 Å². The van der Waals surface area contributed by atoms with E-state index in [0.29, 0.717) is 16.9 Å². The highest BCUT2D eigenvalue weighted by atomic mass is 16.2. The first-order valence-corrected chi connectivity index (χ1v) is 9.43. The molecule has 3 aromatic heterocycles. The molecule has 1 fully saturated rings. The number of pyridine rings is 1. The van der Waals surface area contributed by atoms with Crippen molar-refractivity contribution in [2.24, 2.45) is 7.05 Å². The molecule has 0 atom stereocenters. The quantitative estimate of drug-likeness (QED) is 0.746. The summed E-state index contributed by atoms with van der Waals surface area (Å²) in [6.45, 7) is 5.49. The maximum absolute atomic E-state index is 12.9. The van der Waals surface area contributed by atoms with Gasteiger partial charge in [-0.15, -0.1) is 0 Å². The second kappa shape index (κ2) is 7.06. The third kappa shape index (κ3) is 3.23. The summed E-state index contributed by atoms with van der Waals surface area (Å²) in [6, 6.07) is 3.51. The Bertz CT molecular complexity index is 1040. The van der Waals surface area contributed by atoms with Crippen LogP contribution in [0.2, 0.25) is 0 Å². The van der Waals surface area contributed by atoms with Crippen molar-refractivity contribution in [3.8, 4) is 0 Å². The molecule has 1 saturated heterocycles. The molecule has 1 aliphatic heterocycles. The van der Waals surface area contributed by atoms with Crippen LogP contribution >= 0.6 is 0 Å². The van der Waals surface area contributed by atoms with Gasteiger partial charge in [0.25, 0.3) is 11.8 Å². The number of hydrogen-bond acceptors (Lipinski definition) is 5. The zero-order valence-electron chi connectivity index (χ0n) is 16.2. The highest BCUT2D eigenvalue weighted by Gasteiger charge is 2.27. The van der Waals surface area contributed by atoms with Gasteiger partial charge in [-0.25, -0.2) is 9.50 Å². The Labute approximate surface area is 162 Å². The normalized spacial score (nSPS) is 14.2. The molecule has 0 saturated carbocycles. The Morgan fingerprint density at radius 2 is 1.96 bits per heavy atom. The number of hydrogen-bond donors (Lipinski definition) is 1. The van der Waals surface area contributed by atoms with E-state index in [9.17, 15) is 9.59 Å². The van der Waals surface area contributed by atoms with Gasteiger partial charge in [0.1, 0.15) is 5.69 Å². The first-order chi connectivity index (χ1) is 13.4. The highest BCUT2D eigenvalue weighted by molar-refractivity contribution is 6.11. The summed E-state index contributed by atoms with van der Waals surface area (Å²) in [5, 5.41) is 11.4. The average Bonchev–Trinajstić information content (AvgIpc) is 3.39. The summed E-state index contributed by atoms with van der Waals surface area (Å²) in [5.41, 5.74) is 1.81. The minimum absolute atomic E-state index is 0.148. The van der Waals surface area contributed by atoms with E-state index >= 15 is 0 Å². The van der Waals surface area contributed by atoms with E-state index in [1.807, 2.05) is 13.8 Å². The summed E-state index contributed by atoms with van der Waals surface area (Å²) in [6.07, 6.45) is 5.20. The first-order valence-electron chi connectivity index (χ1n) is 9.43. The van der Waals surface area contributed by atoms with E-state index in [-0.39, 0.29) is 23.4 Å². The Hall–Kier alpha value is -3.23. The smallest absolute Gasteiger partial charge is 0.274 e. The Morgan fingerprint density at radius 3 is 2.68 bits per heavy atom. The molecule has 1 aliphatic rings. The fourth-order valence-electron chi connectivity index (χ4n) is 3.37. The van der Waals surface area contributed by atoms with Crippen molar-refractivity contribution < 1.29 is 9.59 Å². The van der Waals surface area contributed by atoms with Crippen molar-refractivity contribution in [3.05, 3.63) is 41.6 Å². The number of amides is 2. The second-order valence-corrected chi connectivity index (χ2v) is 7.33. The van der Waals surface area contributed by atoms with Crippen LogP contribution in [0.3, 0.4) is 0 Å². The molecule has 3 aromatic rings. The lowest BCUT2D eigenvalue weighted by molar-refractivity contribution is 0.0787. The van der Waals surface area contributed by atoms with Crippen molar-refractivity contribution in [1.82, 2.24) is 29.3 Å². The van der Waals surface area contributed by atoms with E-state index < -0.39 is 0 Å². The van der Waals surface area contributed by atoms with E-state index in [0.717, 1.165) is 31.8 Å². The van der Waals surface area contributed by atoms with Crippen LogP contribution in [0, 0.1) is 0 Å². The molecule has 0 unspecified atom stereocenters. The molecule has 28 heavy (non-hydrogen) atoms. The standard InChI is InChI=1S/C19H23N7O2/c1-12(2)17-22-15-10-13(6-9-26(15)23-17)21-18(27)16-14(11-20-24(16)3)19(28)25-7-4-5-8-25/h6,9-12H,4-5,7-8H2,1-3H3,(H,21,27). The largest absolute Gasteiger partial charge is 0.339 e. The summed E-state index contributed by atoms with van der Waals surface area (Å²) >= 11 is 0. The van der Waals surface area contributed by atoms with Gasteiger partial charge >= 0.3 is 0 Å². The molecule has 0 aliphatic carbocycles. The second-order valence-electron chi connectivity index (χ2n) is 7.33. The van der Waals surface area contributed by atoms with E-state index in [4.69, 9.17) is 0 Å². The predicted octanol–water partition coefficient (Wildman–Crippen LogP) is 2.07. The zero-order chi connectivity index (χ0) is 19.8. The molecule has 4 rings (SSSR count). The van der Waals surface area contributed by atoms with Gasteiger partial charge in [0, 0.05) is 44.0 Å². The predicted molar refractivity (Wildman–Crippen MR) is 103 cm³/mol. The summed E-state index contributed by atoms with van der Waals surface area (Å²) in [5.74, 6) is 0.431. The Balaban J connectivity index is 1.59. The van der Waals surface area contributed by atoms with Crippen molar-refractivity contribution in [3.63, 3.8) is 0 Å². The van der Waals surface area contributed by atoms with Gasteiger partial charge in [0.2, 0.25) is 0 Å². The minimum Gasteiger partial charge on any atom is -0.339 e. The van der Waals surface area contributed by atoms with Crippen LogP contribution < -0.4 is 5.32 Å². The van der Waals surface area contributed by atoms with Crippen molar-refractivity contribution in [2.45, 2.75) is 32.6 Å². The van der Waals surface area contributed by atoms with Gasteiger partial charge in [-0.3, -0.25) is 14.3 Å². The molecular weight excluding hydrogens is 358 g/mol. The van der Waals surface area contributed by atoms with Crippen LogP contribution in [0.25, 0.3) is 5.65 Å². The van der Waals surface area contributed by atoms with E-state index in [2.05, 4.69) is 20.5 Å². The molecule has 1 N–H and O–H groups in total. The summed E-state index contributed by atoms with van der Waals surface area (Å²) in [4.78, 5) is 31.9. The van der Waals surface area contributed by atoms with Gasteiger partial charge in [0.15, 0.2) is 11.5 Å². The van der Waals surface area contributed by atoms with Crippen LogP contribution in [0.1, 0.15) is 59.3 Å². The van der Waals surface area contributed by atoms with Crippen LogP contribution in [0.15, 0.2) is 24.5 Å². The maximum Gasteiger partial charge on any atom is 0.274 e. The third-order valence-electron chi connectivity index (χ3n) is 4.91. The lowest BCUT2D eigenvalue weighted by Gasteiger charge is -2.15. The molecular formula is C19H23N7O2. The number of carbonyl (C=O) groups is 2. The monoisotopic (exact) mass is 381 g/mol. The van der Waals surface area contributed by atoms with Crippen molar-refractivity contribution in [1.29, 1.82) is 0 Å². The Kier molecular flexibility index (Phi) is 4.58. The summed E-state index contributed by atoms with van der Waals surface area (Å²) in [7, 11) is 1.66. The fraction of sp³-hybridized carbons (Fsp3) is 0.421. The molecule has 0 radical (unpaired) electrons. The topological polar surface area (TPSA) is 97.4 Å². The summed E-state index contributed by atoms with van der Waals surface area (Å²) < 4.78 is 3.11.